The Morgan fingerprint density at radius 2 is 1.50 bits per heavy atom. The average molecular weight is 178 g/mol. The Bertz CT molecular complexity index is 207. The first-order chi connectivity index (χ1) is 5.70. The molecule has 0 aliphatic carbocycles. The van der Waals surface area contributed by atoms with E-state index in [1.54, 1.807) is 12.2 Å². The fourth-order valence-corrected chi connectivity index (χ4v) is 0.694. The molecule has 0 amide bonds. The Morgan fingerprint density at radius 1 is 1.08 bits per heavy atom. The van der Waals surface area contributed by atoms with Crippen LogP contribution in [0.3, 0.4) is 0 Å². The molecule has 0 radical (unpaired) electrons. The molecule has 1 heteroatoms. The molecule has 0 aliphatic rings. The van der Waals surface area contributed by atoms with Gasteiger partial charge in [0.1, 0.15) is 0 Å². The Balaban J connectivity index is 0.000000261. The van der Waals surface area contributed by atoms with Crippen molar-refractivity contribution in [1.29, 1.82) is 0 Å². The van der Waals surface area contributed by atoms with E-state index in [2.05, 4.69) is 32.7 Å². The van der Waals surface area contributed by atoms with Crippen molar-refractivity contribution in [3.8, 4) is 0 Å². The molecule has 0 unspecified atom stereocenters. The minimum absolute atomic E-state index is 1.02. The van der Waals surface area contributed by atoms with Crippen LogP contribution < -0.4 is 0 Å². The van der Waals surface area contributed by atoms with Gasteiger partial charge in [0, 0.05) is 4.90 Å². The number of benzene rings is 1. The van der Waals surface area contributed by atoms with Crippen LogP contribution in [0.4, 0.5) is 0 Å². The summed E-state index contributed by atoms with van der Waals surface area (Å²) >= 11 is 4.13. The summed E-state index contributed by atoms with van der Waals surface area (Å²) in [5.41, 5.74) is 1.28. The van der Waals surface area contributed by atoms with Gasteiger partial charge in [0.05, 0.1) is 0 Å². The van der Waals surface area contributed by atoms with E-state index >= 15 is 0 Å². The topological polar surface area (TPSA) is 0 Å². The van der Waals surface area contributed by atoms with E-state index in [-0.39, 0.29) is 0 Å². The summed E-state index contributed by atoms with van der Waals surface area (Å²) in [6, 6.07) is 8.06. The van der Waals surface area contributed by atoms with Gasteiger partial charge in [0.2, 0.25) is 0 Å². The third-order valence-corrected chi connectivity index (χ3v) is 1.50. The molecular formula is C11H14S. The van der Waals surface area contributed by atoms with Gasteiger partial charge in [-0.25, -0.2) is 0 Å². The zero-order chi connectivity index (χ0) is 9.40. The quantitative estimate of drug-likeness (QED) is 0.492. The maximum Gasteiger partial charge on any atom is 0.00401 e. The first kappa shape index (κ1) is 11.1. The van der Waals surface area contributed by atoms with Gasteiger partial charge in [-0.3, -0.25) is 0 Å². The standard InChI is InChI=1S/C7H8S.C4H6/c1-6-2-4-7(8)5-3-6;1-3-4-2/h2-5,8H,1H3;3-4H,1-2H2. The van der Waals surface area contributed by atoms with Crippen LogP contribution in [-0.2, 0) is 0 Å². The summed E-state index contributed by atoms with van der Waals surface area (Å²) in [5, 5.41) is 0. The van der Waals surface area contributed by atoms with Crippen LogP contribution in [0.5, 0.6) is 0 Å². The summed E-state index contributed by atoms with van der Waals surface area (Å²) in [5.74, 6) is 0. The molecule has 0 nitrogen and oxygen atoms in total. The van der Waals surface area contributed by atoms with Gasteiger partial charge in [-0.05, 0) is 19.1 Å². The second kappa shape index (κ2) is 6.74. The van der Waals surface area contributed by atoms with Crippen LogP contribution in [0.25, 0.3) is 0 Å². The summed E-state index contributed by atoms with van der Waals surface area (Å²) in [6.45, 7) is 8.78. The fraction of sp³-hybridized carbons (Fsp3) is 0.0909. The molecule has 0 fully saturated rings. The number of rotatable bonds is 1. The minimum atomic E-state index is 1.02. The molecule has 1 aromatic carbocycles. The highest BCUT2D eigenvalue weighted by molar-refractivity contribution is 7.80. The minimum Gasteiger partial charge on any atom is -0.143 e. The SMILES string of the molecule is C=CC=C.Cc1ccc(S)cc1. The maximum absolute atomic E-state index is 4.13. The number of aryl methyl sites for hydroxylation is 1. The van der Waals surface area contributed by atoms with Crippen molar-refractivity contribution < 1.29 is 0 Å². The van der Waals surface area contributed by atoms with E-state index in [0.717, 1.165) is 4.90 Å². The van der Waals surface area contributed by atoms with Gasteiger partial charge < -0.3 is 0 Å². The zero-order valence-corrected chi connectivity index (χ0v) is 8.22. The lowest BCUT2D eigenvalue weighted by Crippen LogP contribution is -1.67. The Kier molecular flexibility index (Phi) is 6.21. The molecule has 1 aromatic rings. The molecule has 0 spiro atoms. The van der Waals surface area contributed by atoms with E-state index < -0.39 is 0 Å². The number of allylic oxidation sites excluding steroid dienone is 2. The van der Waals surface area contributed by atoms with Crippen LogP contribution in [0.1, 0.15) is 5.56 Å². The maximum atomic E-state index is 4.13. The molecule has 0 aliphatic heterocycles. The monoisotopic (exact) mass is 178 g/mol. The molecule has 64 valence electrons. The highest BCUT2D eigenvalue weighted by Crippen LogP contribution is 2.05. The molecule has 0 saturated heterocycles. The first-order valence-electron chi connectivity index (χ1n) is 3.69. The number of hydrogen-bond acceptors (Lipinski definition) is 1. The van der Waals surface area contributed by atoms with E-state index in [1.165, 1.54) is 5.56 Å². The molecule has 0 bridgehead atoms. The largest absolute Gasteiger partial charge is 0.143 e. The lowest BCUT2D eigenvalue weighted by Gasteiger charge is -1.89. The zero-order valence-electron chi connectivity index (χ0n) is 7.33. The first-order valence-corrected chi connectivity index (χ1v) is 4.14. The Labute approximate surface area is 80.0 Å². The van der Waals surface area contributed by atoms with Crippen molar-refractivity contribution in [3.05, 3.63) is 55.1 Å². The van der Waals surface area contributed by atoms with E-state index in [1.807, 2.05) is 24.3 Å². The lowest BCUT2D eigenvalue weighted by atomic mass is 10.2. The number of hydrogen-bond donors (Lipinski definition) is 1. The summed E-state index contributed by atoms with van der Waals surface area (Å²) in [4.78, 5) is 1.02. The van der Waals surface area contributed by atoms with Gasteiger partial charge in [0.15, 0.2) is 0 Å². The molecule has 0 aromatic heterocycles. The van der Waals surface area contributed by atoms with Gasteiger partial charge >= 0.3 is 0 Å². The van der Waals surface area contributed by atoms with Crippen molar-refractivity contribution in [2.24, 2.45) is 0 Å². The highest BCUT2D eigenvalue weighted by atomic mass is 32.1. The van der Waals surface area contributed by atoms with Crippen LogP contribution in [0.2, 0.25) is 0 Å². The van der Waals surface area contributed by atoms with Gasteiger partial charge in [-0.2, -0.15) is 0 Å². The summed E-state index contributed by atoms with van der Waals surface area (Å²) < 4.78 is 0. The smallest absolute Gasteiger partial charge is 0.00401 e. The van der Waals surface area contributed by atoms with Crippen molar-refractivity contribution in [1.82, 2.24) is 0 Å². The van der Waals surface area contributed by atoms with Crippen molar-refractivity contribution in [3.63, 3.8) is 0 Å². The highest BCUT2D eigenvalue weighted by Gasteiger charge is 1.80. The third-order valence-electron chi connectivity index (χ3n) is 1.20. The molecule has 0 saturated carbocycles. The predicted molar refractivity (Wildman–Crippen MR) is 58.8 cm³/mol. The Morgan fingerprint density at radius 3 is 1.75 bits per heavy atom. The second-order valence-electron chi connectivity index (χ2n) is 2.31. The van der Waals surface area contributed by atoms with Gasteiger partial charge in [0.25, 0.3) is 0 Å². The van der Waals surface area contributed by atoms with Crippen molar-refractivity contribution in [2.75, 3.05) is 0 Å². The van der Waals surface area contributed by atoms with Crippen molar-refractivity contribution >= 4 is 12.6 Å². The predicted octanol–water partition coefficient (Wildman–Crippen LogP) is 3.64. The van der Waals surface area contributed by atoms with Gasteiger partial charge in [-0.15, -0.1) is 12.6 Å². The average Bonchev–Trinajstić information content (AvgIpc) is 2.11. The van der Waals surface area contributed by atoms with Gasteiger partial charge in [-0.1, -0.05) is 43.0 Å². The lowest BCUT2D eigenvalue weighted by molar-refractivity contribution is 1.39. The van der Waals surface area contributed by atoms with E-state index in [0.29, 0.717) is 0 Å². The summed E-state index contributed by atoms with van der Waals surface area (Å²) in [7, 11) is 0. The molecule has 0 N–H and O–H groups in total. The molecular weight excluding hydrogens is 164 g/mol. The van der Waals surface area contributed by atoms with Crippen LogP contribution >= 0.6 is 12.6 Å². The molecule has 0 atom stereocenters. The molecule has 0 heterocycles. The third kappa shape index (κ3) is 5.81. The van der Waals surface area contributed by atoms with E-state index in [4.69, 9.17) is 0 Å². The number of thiol groups is 1. The molecule has 1 rings (SSSR count). The van der Waals surface area contributed by atoms with Crippen molar-refractivity contribution in [2.45, 2.75) is 11.8 Å². The normalized spacial score (nSPS) is 7.83. The van der Waals surface area contributed by atoms with Crippen LogP contribution in [-0.4, -0.2) is 0 Å². The Hall–Kier alpha value is -0.950. The second-order valence-corrected chi connectivity index (χ2v) is 2.82. The van der Waals surface area contributed by atoms with Crippen LogP contribution in [0.15, 0.2) is 54.5 Å². The summed E-state index contributed by atoms with van der Waals surface area (Å²) in [6.07, 6.45) is 3.28. The van der Waals surface area contributed by atoms with E-state index in [9.17, 15) is 0 Å². The molecule has 12 heavy (non-hydrogen) atoms. The fourth-order valence-electron chi connectivity index (χ4n) is 0.545. The van der Waals surface area contributed by atoms with Crippen LogP contribution in [0, 0.1) is 6.92 Å².